The molecule has 0 aromatic heterocycles. The molecule has 0 aromatic rings. The molecule has 0 saturated carbocycles. The number of ether oxygens (including phenoxy) is 2. The molecule has 1 aliphatic heterocycles. The van der Waals surface area contributed by atoms with Crippen LogP contribution in [0.1, 0.15) is 284 Å². The highest BCUT2D eigenvalue weighted by Gasteiger charge is 2.44. The molecule has 67 heavy (non-hydrogen) atoms. The molecule has 9 heteroatoms. The summed E-state index contributed by atoms with van der Waals surface area (Å²) in [5.74, 6) is -0.174. The van der Waals surface area contributed by atoms with E-state index in [1.165, 1.54) is 225 Å². The topological polar surface area (TPSA) is 149 Å². The fourth-order valence-corrected chi connectivity index (χ4v) is 9.39. The zero-order valence-corrected chi connectivity index (χ0v) is 43.9. The molecule has 0 aliphatic carbocycles. The number of allylic oxidation sites excluding steroid dienone is 3. The summed E-state index contributed by atoms with van der Waals surface area (Å²) in [6.45, 7) is 3.79. The van der Waals surface area contributed by atoms with Gasteiger partial charge >= 0.3 is 0 Å². The number of amides is 1. The van der Waals surface area contributed by atoms with E-state index in [9.17, 15) is 30.3 Å². The lowest BCUT2D eigenvalue weighted by molar-refractivity contribution is -0.302. The second kappa shape index (κ2) is 48.3. The molecule has 0 radical (unpaired) electrons. The number of hydrogen-bond donors (Lipinski definition) is 6. The summed E-state index contributed by atoms with van der Waals surface area (Å²) >= 11 is 0. The Bertz CT molecular complexity index is 1100. The van der Waals surface area contributed by atoms with Gasteiger partial charge in [-0.05, 0) is 44.9 Å². The zero-order chi connectivity index (χ0) is 48.7. The first-order chi connectivity index (χ1) is 32.8. The molecular weight excluding hydrogens is 839 g/mol. The Kier molecular flexibility index (Phi) is 45.9. The van der Waals surface area contributed by atoms with Gasteiger partial charge in [0.25, 0.3) is 0 Å². The van der Waals surface area contributed by atoms with Crippen molar-refractivity contribution in [3.8, 4) is 0 Å². The monoisotopic (exact) mass is 950 g/mol. The average Bonchev–Trinajstić information content (AvgIpc) is 3.33. The molecule has 1 heterocycles. The van der Waals surface area contributed by atoms with Gasteiger partial charge in [0, 0.05) is 6.42 Å². The van der Waals surface area contributed by atoms with Crippen LogP contribution in [0.25, 0.3) is 0 Å². The van der Waals surface area contributed by atoms with Gasteiger partial charge in [0.1, 0.15) is 24.4 Å². The van der Waals surface area contributed by atoms with Crippen LogP contribution in [0.5, 0.6) is 0 Å². The normalized spacial score (nSPS) is 19.8. The van der Waals surface area contributed by atoms with Crippen molar-refractivity contribution in [2.24, 2.45) is 0 Å². The van der Waals surface area contributed by atoms with Crippen molar-refractivity contribution in [1.29, 1.82) is 0 Å². The van der Waals surface area contributed by atoms with Crippen LogP contribution in [0.2, 0.25) is 0 Å². The Morgan fingerprint density at radius 2 is 0.836 bits per heavy atom. The number of unbranched alkanes of at least 4 members (excludes halogenated alkanes) is 38. The van der Waals surface area contributed by atoms with Crippen molar-refractivity contribution in [2.45, 2.75) is 326 Å². The van der Waals surface area contributed by atoms with Crippen molar-refractivity contribution in [2.75, 3.05) is 13.2 Å². The molecule has 1 amide bonds. The summed E-state index contributed by atoms with van der Waals surface area (Å²) < 4.78 is 11.2. The van der Waals surface area contributed by atoms with E-state index in [-0.39, 0.29) is 12.5 Å². The van der Waals surface area contributed by atoms with Gasteiger partial charge in [-0.25, -0.2) is 0 Å². The quantitative estimate of drug-likeness (QED) is 0.0261. The fourth-order valence-electron chi connectivity index (χ4n) is 9.39. The van der Waals surface area contributed by atoms with Crippen LogP contribution in [0.15, 0.2) is 24.3 Å². The maximum Gasteiger partial charge on any atom is 0.220 e. The van der Waals surface area contributed by atoms with E-state index in [0.29, 0.717) is 6.42 Å². The van der Waals surface area contributed by atoms with Crippen molar-refractivity contribution < 1.29 is 39.8 Å². The van der Waals surface area contributed by atoms with Crippen molar-refractivity contribution in [1.82, 2.24) is 5.32 Å². The van der Waals surface area contributed by atoms with E-state index in [1.807, 2.05) is 6.08 Å². The zero-order valence-electron chi connectivity index (χ0n) is 43.9. The van der Waals surface area contributed by atoms with Gasteiger partial charge in [-0.3, -0.25) is 4.79 Å². The highest BCUT2D eigenvalue weighted by Crippen LogP contribution is 2.23. The largest absolute Gasteiger partial charge is 0.394 e. The molecule has 6 N–H and O–H groups in total. The summed E-state index contributed by atoms with van der Waals surface area (Å²) in [5, 5.41) is 54.3. The predicted molar refractivity (Wildman–Crippen MR) is 281 cm³/mol. The van der Waals surface area contributed by atoms with Crippen LogP contribution in [0.3, 0.4) is 0 Å². The first-order valence-electron chi connectivity index (χ1n) is 29.1. The number of rotatable bonds is 50. The second-order valence-corrected chi connectivity index (χ2v) is 20.4. The standard InChI is InChI=1S/C58H111NO8/c1-3-5-7-9-11-13-15-17-18-19-20-21-22-23-24-25-26-27-28-29-30-31-32-33-34-35-36-38-40-42-44-46-48-54(62)59-51(50-66-58-57(65)56(64)55(63)53(49-60)67-58)52(61)47-45-43-41-39-37-16-14-12-10-8-6-4-2/h23-24,45,47,51-53,55-58,60-61,63-65H,3-22,25-44,46,48-50H2,1-2H3,(H,59,62)/b24-23-,47-45+. The van der Waals surface area contributed by atoms with E-state index < -0.39 is 49.5 Å². The first-order valence-corrected chi connectivity index (χ1v) is 29.1. The Morgan fingerprint density at radius 3 is 1.21 bits per heavy atom. The SMILES string of the molecule is CCCCCCCCCCCC/C=C/C(O)C(COC1OC(CO)C(O)C(O)C1O)NC(=O)CCCCCCCCCCCCCCCCCC/C=C\CCCCCCCCCCCCCC. The van der Waals surface area contributed by atoms with Crippen molar-refractivity contribution in [3.05, 3.63) is 24.3 Å². The summed E-state index contributed by atoms with van der Waals surface area (Å²) in [7, 11) is 0. The van der Waals surface area contributed by atoms with Gasteiger partial charge < -0.3 is 40.3 Å². The second-order valence-electron chi connectivity index (χ2n) is 20.4. The van der Waals surface area contributed by atoms with E-state index in [2.05, 4.69) is 31.3 Å². The molecule has 9 nitrogen and oxygen atoms in total. The predicted octanol–water partition coefficient (Wildman–Crippen LogP) is 14.2. The number of carbonyl (C=O) groups is 1. The first kappa shape index (κ1) is 63.7. The number of aliphatic hydroxyl groups is 5. The molecule has 396 valence electrons. The van der Waals surface area contributed by atoms with Gasteiger partial charge in [-0.2, -0.15) is 0 Å². The minimum atomic E-state index is -1.56. The molecule has 0 aromatic carbocycles. The fraction of sp³-hybridized carbons (Fsp3) is 0.914. The molecular formula is C58H111NO8. The number of carbonyl (C=O) groups excluding carboxylic acids is 1. The van der Waals surface area contributed by atoms with Crippen LogP contribution in [0, 0.1) is 0 Å². The van der Waals surface area contributed by atoms with Crippen LogP contribution in [-0.4, -0.2) is 87.5 Å². The number of nitrogens with one attached hydrogen (secondary N) is 1. The van der Waals surface area contributed by atoms with Gasteiger partial charge in [-0.15, -0.1) is 0 Å². The molecule has 1 rings (SSSR count). The minimum Gasteiger partial charge on any atom is -0.394 e. The minimum absolute atomic E-state index is 0.174. The Labute approximate surface area is 413 Å². The smallest absolute Gasteiger partial charge is 0.220 e. The van der Waals surface area contributed by atoms with Crippen molar-refractivity contribution in [3.63, 3.8) is 0 Å². The highest BCUT2D eigenvalue weighted by molar-refractivity contribution is 5.76. The third kappa shape index (κ3) is 38.1. The van der Waals surface area contributed by atoms with Crippen LogP contribution in [0.4, 0.5) is 0 Å². The van der Waals surface area contributed by atoms with Crippen molar-refractivity contribution >= 4 is 5.91 Å². The molecule has 7 unspecified atom stereocenters. The van der Waals surface area contributed by atoms with Gasteiger partial charge in [-0.1, -0.05) is 256 Å². The van der Waals surface area contributed by atoms with Gasteiger partial charge in [0.2, 0.25) is 5.91 Å². The summed E-state index contributed by atoms with van der Waals surface area (Å²) in [6.07, 6.45) is 54.1. The molecule has 0 bridgehead atoms. The van der Waals surface area contributed by atoms with Gasteiger partial charge in [0.05, 0.1) is 25.4 Å². The summed E-state index contributed by atoms with van der Waals surface area (Å²) in [5.41, 5.74) is 0. The number of hydrogen-bond acceptors (Lipinski definition) is 8. The van der Waals surface area contributed by atoms with E-state index in [1.54, 1.807) is 6.08 Å². The lowest BCUT2D eigenvalue weighted by Gasteiger charge is -2.40. The number of aliphatic hydroxyl groups excluding tert-OH is 5. The van der Waals surface area contributed by atoms with Gasteiger partial charge in [0.15, 0.2) is 6.29 Å². The van der Waals surface area contributed by atoms with Crippen LogP contribution in [-0.2, 0) is 14.3 Å². The van der Waals surface area contributed by atoms with E-state index in [0.717, 1.165) is 38.5 Å². The molecule has 7 atom stereocenters. The molecule has 1 fully saturated rings. The Morgan fingerprint density at radius 1 is 0.493 bits per heavy atom. The average molecular weight is 951 g/mol. The maximum absolute atomic E-state index is 13.0. The molecule has 1 saturated heterocycles. The van der Waals surface area contributed by atoms with E-state index in [4.69, 9.17) is 9.47 Å². The third-order valence-electron chi connectivity index (χ3n) is 14.0. The van der Waals surface area contributed by atoms with E-state index >= 15 is 0 Å². The maximum atomic E-state index is 13.0. The third-order valence-corrected chi connectivity index (χ3v) is 14.0. The lowest BCUT2D eigenvalue weighted by atomic mass is 9.99. The molecule has 0 spiro atoms. The Balaban J connectivity index is 2.10. The summed E-state index contributed by atoms with van der Waals surface area (Å²) in [4.78, 5) is 13.0. The highest BCUT2D eigenvalue weighted by atomic mass is 16.7. The Hall–Kier alpha value is -1.33. The van der Waals surface area contributed by atoms with Crippen LogP contribution >= 0.6 is 0 Å². The lowest BCUT2D eigenvalue weighted by Crippen LogP contribution is -2.60. The molecule has 1 aliphatic rings. The van der Waals surface area contributed by atoms with Crippen LogP contribution < -0.4 is 5.32 Å². The summed E-state index contributed by atoms with van der Waals surface area (Å²) in [6, 6.07) is -0.801.